The maximum Gasteiger partial charge on any atom is 0.317 e. The van der Waals surface area contributed by atoms with Crippen LogP contribution in [0.2, 0.25) is 0 Å². The van der Waals surface area contributed by atoms with Gasteiger partial charge >= 0.3 is 5.97 Å². The first-order chi connectivity index (χ1) is 9.18. The minimum absolute atomic E-state index is 0.0214. The standard InChI is InChI=1S/C13H26N2O4S/c1-11(2)7-14(10-13(16)17)8-12-5-4-6-15(9-12)20(3,18)19/h11-12H,4-10H2,1-3H3,(H,16,17). The molecular weight excluding hydrogens is 280 g/mol. The molecule has 0 saturated carbocycles. The second-order valence-corrected chi connectivity index (χ2v) is 8.09. The Morgan fingerprint density at radius 1 is 1.45 bits per heavy atom. The highest BCUT2D eigenvalue weighted by molar-refractivity contribution is 7.88. The van der Waals surface area contributed by atoms with Gasteiger partial charge in [0.25, 0.3) is 0 Å². The lowest BCUT2D eigenvalue weighted by Crippen LogP contribution is -2.45. The Morgan fingerprint density at radius 3 is 2.60 bits per heavy atom. The number of rotatable bonds is 7. The number of hydrogen-bond donors (Lipinski definition) is 1. The number of nitrogens with zero attached hydrogens (tertiary/aromatic N) is 2. The van der Waals surface area contributed by atoms with E-state index in [2.05, 4.69) is 13.8 Å². The minimum Gasteiger partial charge on any atom is -0.480 e. The van der Waals surface area contributed by atoms with E-state index in [9.17, 15) is 13.2 Å². The van der Waals surface area contributed by atoms with Crippen LogP contribution in [0.15, 0.2) is 0 Å². The van der Waals surface area contributed by atoms with Gasteiger partial charge in [-0.2, -0.15) is 0 Å². The van der Waals surface area contributed by atoms with E-state index in [1.54, 1.807) is 0 Å². The highest BCUT2D eigenvalue weighted by Crippen LogP contribution is 2.20. The molecule has 0 amide bonds. The van der Waals surface area contributed by atoms with Crippen molar-refractivity contribution >= 4 is 16.0 Å². The molecule has 0 aromatic heterocycles. The van der Waals surface area contributed by atoms with Crippen LogP contribution >= 0.6 is 0 Å². The Morgan fingerprint density at radius 2 is 2.10 bits per heavy atom. The Hall–Kier alpha value is -0.660. The highest BCUT2D eigenvalue weighted by atomic mass is 32.2. The topological polar surface area (TPSA) is 77.9 Å². The number of piperidine rings is 1. The van der Waals surface area contributed by atoms with Crippen molar-refractivity contribution < 1.29 is 18.3 Å². The van der Waals surface area contributed by atoms with Crippen molar-refractivity contribution in [2.45, 2.75) is 26.7 Å². The van der Waals surface area contributed by atoms with Crippen LogP contribution in [0.1, 0.15) is 26.7 Å². The molecule has 0 bridgehead atoms. The second-order valence-electron chi connectivity index (χ2n) is 6.11. The fourth-order valence-corrected chi connectivity index (χ4v) is 3.70. The number of carbonyl (C=O) groups is 1. The van der Waals surface area contributed by atoms with Gasteiger partial charge in [-0.1, -0.05) is 13.8 Å². The third-order valence-electron chi connectivity index (χ3n) is 3.45. The summed E-state index contributed by atoms with van der Waals surface area (Å²) in [5.41, 5.74) is 0. The van der Waals surface area contributed by atoms with E-state index in [0.29, 0.717) is 25.6 Å². The van der Waals surface area contributed by atoms with Crippen LogP contribution in [-0.2, 0) is 14.8 Å². The van der Waals surface area contributed by atoms with Crippen molar-refractivity contribution in [1.82, 2.24) is 9.21 Å². The molecular formula is C13H26N2O4S. The van der Waals surface area contributed by atoms with Crippen molar-refractivity contribution in [3.8, 4) is 0 Å². The van der Waals surface area contributed by atoms with E-state index in [4.69, 9.17) is 5.11 Å². The molecule has 20 heavy (non-hydrogen) atoms. The third kappa shape index (κ3) is 6.19. The molecule has 0 aliphatic carbocycles. The maximum absolute atomic E-state index is 11.6. The average Bonchev–Trinajstić information content (AvgIpc) is 2.26. The van der Waals surface area contributed by atoms with E-state index >= 15 is 0 Å². The van der Waals surface area contributed by atoms with Crippen LogP contribution in [0.4, 0.5) is 0 Å². The van der Waals surface area contributed by atoms with Crippen molar-refractivity contribution in [3.63, 3.8) is 0 Å². The predicted molar refractivity (Wildman–Crippen MR) is 78.1 cm³/mol. The summed E-state index contributed by atoms with van der Waals surface area (Å²) in [6, 6.07) is 0. The summed E-state index contributed by atoms with van der Waals surface area (Å²) in [4.78, 5) is 12.8. The Balaban J connectivity index is 2.60. The molecule has 1 atom stereocenters. The van der Waals surface area contributed by atoms with E-state index in [-0.39, 0.29) is 12.5 Å². The smallest absolute Gasteiger partial charge is 0.317 e. The van der Waals surface area contributed by atoms with Crippen molar-refractivity contribution in [1.29, 1.82) is 0 Å². The zero-order valence-electron chi connectivity index (χ0n) is 12.6. The van der Waals surface area contributed by atoms with Gasteiger partial charge in [-0.05, 0) is 24.7 Å². The molecule has 1 fully saturated rings. The van der Waals surface area contributed by atoms with Crippen molar-refractivity contribution in [3.05, 3.63) is 0 Å². The lowest BCUT2D eigenvalue weighted by molar-refractivity contribution is -0.138. The summed E-state index contributed by atoms with van der Waals surface area (Å²) < 4.78 is 24.7. The van der Waals surface area contributed by atoms with Crippen LogP contribution in [0, 0.1) is 11.8 Å². The van der Waals surface area contributed by atoms with Crippen LogP contribution in [0.25, 0.3) is 0 Å². The molecule has 6 nitrogen and oxygen atoms in total. The lowest BCUT2D eigenvalue weighted by atomic mass is 9.98. The fraction of sp³-hybridized carbons (Fsp3) is 0.923. The first-order valence-corrected chi connectivity index (χ1v) is 8.92. The predicted octanol–water partition coefficient (Wildman–Crippen LogP) is 0.701. The van der Waals surface area contributed by atoms with Gasteiger partial charge in [0, 0.05) is 26.2 Å². The molecule has 0 aromatic rings. The van der Waals surface area contributed by atoms with E-state index in [1.165, 1.54) is 10.6 Å². The Labute approximate surface area is 121 Å². The monoisotopic (exact) mass is 306 g/mol. The lowest BCUT2D eigenvalue weighted by Gasteiger charge is -2.34. The molecule has 7 heteroatoms. The summed E-state index contributed by atoms with van der Waals surface area (Å²) in [7, 11) is -3.14. The minimum atomic E-state index is -3.14. The average molecular weight is 306 g/mol. The van der Waals surface area contributed by atoms with Gasteiger partial charge in [-0.25, -0.2) is 12.7 Å². The van der Waals surface area contributed by atoms with Gasteiger partial charge in [0.05, 0.1) is 12.8 Å². The first-order valence-electron chi connectivity index (χ1n) is 7.07. The quantitative estimate of drug-likeness (QED) is 0.749. The van der Waals surface area contributed by atoms with E-state index in [0.717, 1.165) is 19.4 Å². The van der Waals surface area contributed by atoms with Crippen LogP contribution < -0.4 is 0 Å². The molecule has 1 rings (SSSR count). The summed E-state index contributed by atoms with van der Waals surface area (Å²) in [5, 5.41) is 8.96. The highest BCUT2D eigenvalue weighted by Gasteiger charge is 2.27. The molecule has 0 spiro atoms. The fourth-order valence-electron chi connectivity index (χ4n) is 2.75. The zero-order chi connectivity index (χ0) is 15.3. The normalized spacial score (nSPS) is 21.6. The number of sulfonamides is 1. The largest absolute Gasteiger partial charge is 0.480 e. The first kappa shape index (κ1) is 17.4. The van der Waals surface area contributed by atoms with E-state index in [1.807, 2.05) is 4.90 Å². The molecule has 1 saturated heterocycles. The van der Waals surface area contributed by atoms with Crippen molar-refractivity contribution in [2.24, 2.45) is 11.8 Å². The molecule has 1 N–H and O–H groups in total. The zero-order valence-corrected chi connectivity index (χ0v) is 13.4. The Kier molecular flexibility index (Phi) is 6.42. The van der Waals surface area contributed by atoms with Gasteiger partial charge < -0.3 is 5.11 Å². The Bertz CT molecular complexity index is 422. The summed E-state index contributed by atoms with van der Waals surface area (Å²) >= 11 is 0. The summed E-state index contributed by atoms with van der Waals surface area (Å²) in [6.45, 7) is 6.59. The van der Waals surface area contributed by atoms with Gasteiger partial charge in [0.15, 0.2) is 0 Å². The second kappa shape index (κ2) is 7.38. The molecule has 118 valence electrons. The number of carboxylic acids is 1. The molecule has 0 radical (unpaired) electrons. The van der Waals surface area contributed by atoms with Crippen molar-refractivity contribution in [2.75, 3.05) is 39.0 Å². The van der Waals surface area contributed by atoms with Crippen LogP contribution in [0.3, 0.4) is 0 Å². The number of hydrogen-bond acceptors (Lipinski definition) is 4. The summed E-state index contributed by atoms with van der Waals surface area (Å²) in [5.74, 6) is -0.220. The third-order valence-corrected chi connectivity index (χ3v) is 4.72. The molecule has 1 aliphatic heterocycles. The summed E-state index contributed by atoms with van der Waals surface area (Å²) in [6.07, 6.45) is 3.04. The number of carboxylic acid groups (broad SMARTS) is 1. The molecule has 1 unspecified atom stereocenters. The SMILES string of the molecule is CC(C)CN(CC(=O)O)CC1CCCN(S(C)(=O)=O)C1. The van der Waals surface area contributed by atoms with Gasteiger partial charge in [-0.3, -0.25) is 9.69 Å². The van der Waals surface area contributed by atoms with Crippen LogP contribution in [-0.4, -0.2) is 67.7 Å². The van der Waals surface area contributed by atoms with Gasteiger partial charge in [-0.15, -0.1) is 0 Å². The molecule has 0 aromatic carbocycles. The number of aliphatic carboxylic acids is 1. The van der Waals surface area contributed by atoms with Gasteiger partial charge in [0.1, 0.15) is 0 Å². The van der Waals surface area contributed by atoms with E-state index < -0.39 is 16.0 Å². The molecule has 1 heterocycles. The molecule has 1 aliphatic rings. The van der Waals surface area contributed by atoms with Crippen LogP contribution in [0.5, 0.6) is 0 Å². The maximum atomic E-state index is 11.6. The van der Waals surface area contributed by atoms with Gasteiger partial charge in [0.2, 0.25) is 10.0 Å².